The predicted molar refractivity (Wildman–Crippen MR) is 85.4 cm³/mol. The highest BCUT2D eigenvalue weighted by Crippen LogP contribution is 1.78. The van der Waals surface area contributed by atoms with E-state index in [1.807, 2.05) is 0 Å². The van der Waals surface area contributed by atoms with Crippen LogP contribution in [-0.4, -0.2) is 51.2 Å². The third-order valence-corrected chi connectivity index (χ3v) is 1.20. The molecule has 0 unspecified atom stereocenters. The van der Waals surface area contributed by atoms with Gasteiger partial charge in [0.05, 0.1) is 28.4 Å². The van der Waals surface area contributed by atoms with Gasteiger partial charge in [0.1, 0.15) is 0 Å². The summed E-state index contributed by atoms with van der Waals surface area (Å²) in [4.78, 5) is 37.9. The van der Waals surface area contributed by atoms with Gasteiger partial charge in [-0.1, -0.05) is 14.9 Å². The molecule has 0 bridgehead atoms. The lowest BCUT2D eigenvalue weighted by atomic mass is 10.8. The topological polar surface area (TPSA) is 105 Å². The van der Waals surface area contributed by atoms with Gasteiger partial charge >= 0.3 is 22.8 Å². The maximum absolute atomic E-state index is 9.59. The Hall–Kier alpha value is -1.54. The Labute approximate surface area is 141 Å². The molecule has 0 fully saturated rings. The van der Waals surface area contributed by atoms with Gasteiger partial charge < -0.3 is 18.9 Å². The van der Waals surface area contributed by atoms with Crippen molar-refractivity contribution in [1.82, 2.24) is 0 Å². The summed E-state index contributed by atoms with van der Waals surface area (Å²) in [6.45, 7) is 2.72. The summed E-state index contributed by atoms with van der Waals surface area (Å²) in [6, 6.07) is 0. The monoisotopic (exact) mass is 368 g/mol. The van der Waals surface area contributed by atoms with E-state index in [1.54, 1.807) is 0 Å². The lowest BCUT2D eigenvalue weighted by Crippen LogP contribution is -1.88. The zero-order chi connectivity index (χ0) is 17.1. The van der Waals surface area contributed by atoms with E-state index in [1.165, 1.54) is 42.3 Å². The SMILES string of the molecule is C.C.COC(=O)Cl.COC(=O)Cl.COC(C)=O.COC(C)=O. The zero-order valence-electron chi connectivity index (χ0n) is 12.0. The van der Waals surface area contributed by atoms with E-state index in [-0.39, 0.29) is 26.8 Å². The summed E-state index contributed by atoms with van der Waals surface area (Å²) in [5.41, 5.74) is -1.55. The summed E-state index contributed by atoms with van der Waals surface area (Å²) >= 11 is 9.20. The third kappa shape index (κ3) is 135. The molecule has 0 spiro atoms. The van der Waals surface area contributed by atoms with Gasteiger partial charge in [0, 0.05) is 37.0 Å². The van der Waals surface area contributed by atoms with Crippen LogP contribution in [0.25, 0.3) is 0 Å². The second-order valence-electron chi connectivity index (χ2n) is 2.27. The smallest absolute Gasteiger partial charge is 0.403 e. The van der Waals surface area contributed by atoms with Crippen molar-refractivity contribution in [2.24, 2.45) is 0 Å². The molecule has 0 saturated heterocycles. The maximum atomic E-state index is 9.59. The van der Waals surface area contributed by atoms with Crippen molar-refractivity contribution in [3.63, 3.8) is 0 Å². The van der Waals surface area contributed by atoms with Gasteiger partial charge in [-0.25, -0.2) is 9.59 Å². The number of methoxy groups -OCH3 is 4. The Balaban J connectivity index is -0.0000000376. The van der Waals surface area contributed by atoms with E-state index < -0.39 is 10.9 Å². The maximum Gasteiger partial charge on any atom is 0.403 e. The van der Waals surface area contributed by atoms with Gasteiger partial charge in [-0.2, -0.15) is 0 Å². The van der Waals surface area contributed by atoms with E-state index in [0.717, 1.165) is 0 Å². The molecule has 22 heavy (non-hydrogen) atoms. The van der Waals surface area contributed by atoms with Crippen molar-refractivity contribution in [2.45, 2.75) is 28.7 Å². The average Bonchev–Trinajstić information content (AvgIpc) is 2.40. The fraction of sp³-hybridized carbons (Fsp3) is 0.667. The van der Waals surface area contributed by atoms with E-state index in [2.05, 4.69) is 42.1 Å². The number of rotatable bonds is 0. The number of hydrogen-bond donors (Lipinski definition) is 0. The van der Waals surface area contributed by atoms with Crippen LogP contribution in [0.4, 0.5) is 9.59 Å². The lowest BCUT2D eigenvalue weighted by Gasteiger charge is -1.80. The summed E-state index contributed by atoms with van der Waals surface area (Å²) < 4.78 is 16.0. The predicted octanol–water partition coefficient (Wildman–Crippen LogP) is 3.61. The quantitative estimate of drug-likeness (QED) is 0.362. The van der Waals surface area contributed by atoms with Gasteiger partial charge in [-0.3, -0.25) is 9.59 Å². The Morgan fingerprint density at radius 3 is 0.682 bits per heavy atom. The lowest BCUT2D eigenvalue weighted by molar-refractivity contribution is -0.138. The molecule has 136 valence electrons. The zero-order valence-corrected chi connectivity index (χ0v) is 13.5. The van der Waals surface area contributed by atoms with Crippen LogP contribution < -0.4 is 0 Å². The van der Waals surface area contributed by atoms with Crippen molar-refractivity contribution in [3.05, 3.63) is 0 Å². The molecule has 0 heterocycles. The van der Waals surface area contributed by atoms with Crippen LogP contribution in [0.1, 0.15) is 28.7 Å². The normalized spacial score (nSPS) is 6.18. The fourth-order valence-corrected chi connectivity index (χ4v) is 0. The minimum absolute atomic E-state index is 0. The molecule has 0 rings (SSSR count). The Bertz CT molecular complexity index is 226. The molecule has 0 aromatic rings. The number of carbonyl (C=O) groups excluding carboxylic acids is 4. The van der Waals surface area contributed by atoms with Crippen LogP contribution in [0.3, 0.4) is 0 Å². The van der Waals surface area contributed by atoms with Crippen molar-refractivity contribution >= 4 is 46.0 Å². The van der Waals surface area contributed by atoms with Crippen LogP contribution in [0, 0.1) is 0 Å². The van der Waals surface area contributed by atoms with E-state index >= 15 is 0 Å². The molecule has 0 atom stereocenters. The van der Waals surface area contributed by atoms with Crippen LogP contribution in [0.2, 0.25) is 0 Å². The minimum atomic E-state index is -0.773. The van der Waals surface area contributed by atoms with E-state index in [4.69, 9.17) is 0 Å². The molecule has 10 heteroatoms. The Morgan fingerprint density at radius 1 is 0.591 bits per heavy atom. The molecule has 0 aliphatic carbocycles. The number of ether oxygens (including phenoxy) is 4. The highest BCUT2D eigenvalue weighted by molar-refractivity contribution is 6.61. The molecule has 8 nitrogen and oxygen atoms in total. The summed E-state index contributed by atoms with van der Waals surface area (Å²) in [7, 11) is 5.13. The molecule has 0 aliphatic rings. The standard InChI is InChI=1S/2C3H6O2.2C2H3ClO2.2CH4/c2*1-3(4)5-2;2*1-5-2(3)4;;/h2*1-2H3;2*1H3;2*1H4. The summed E-state index contributed by atoms with van der Waals surface area (Å²) in [5, 5.41) is 0. The minimum Gasteiger partial charge on any atom is -0.469 e. The fourth-order valence-electron chi connectivity index (χ4n) is 0. The molecular formula is C12H26Cl2O8. The van der Waals surface area contributed by atoms with Crippen LogP contribution >= 0.6 is 23.2 Å². The second kappa shape index (κ2) is 31.7. The molecular weight excluding hydrogens is 343 g/mol. The first-order valence-electron chi connectivity index (χ1n) is 4.64. The Kier molecular flexibility index (Phi) is 53.4. The van der Waals surface area contributed by atoms with Gasteiger partial charge in [-0.05, 0) is 0 Å². The number of carbonyl (C=O) groups is 4. The first-order chi connectivity index (χ1) is 9.08. The van der Waals surface area contributed by atoms with Gasteiger partial charge in [-0.15, -0.1) is 0 Å². The summed E-state index contributed by atoms with van der Waals surface area (Å²) in [6.07, 6.45) is 0. The number of hydrogen-bond acceptors (Lipinski definition) is 8. The average molecular weight is 369 g/mol. The van der Waals surface area contributed by atoms with E-state index in [9.17, 15) is 19.2 Å². The molecule has 0 aromatic carbocycles. The van der Waals surface area contributed by atoms with Crippen LogP contribution in [0.5, 0.6) is 0 Å². The van der Waals surface area contributed by atoms with Crippen molar-refractivity contribution in [2.75, 3.05) is 28.4 Å². The molecule has 0 amide bonds. The van der Waals surface area contributed by atoms with Gasteiger partial charge in [0.15, 0.2) is 0 Å². The third-order valence-electron chi connectivity index (χ3n) is 0.896. The first-order valence-corrected chi connectivity index (χ1v) is 5.40. The van der Waals surface area contributed by atoms with Crippen molar-refractivity contribution in [1.29, 1.82) is 0 Å². The summed E-state index contributed by atoms with van der Waals surface area (Å²) in [5.74, 6) is -0.491. The number of halogens is 2. The molecule has 0 radical (unpaired) electrons. The Morgan fingerprint density at radius 2 is 0.682 bits per heavy atom. The van der Waals surface area contributed by atoms with Gasteiger partial charge in [0.2, 0.25) is 0 Å². The second-order valence-corrected chi connectivity index (χ2v) is 2.89. The molecule has 0 saturated carbocycles. The molecule has 0 aliphatic heterocycles. The van der Waals surface area contributed by atoms with E-state index in [0.29, 0.717) is 0 Å². The molecule has 0 N–H and O–H groups in total. The van der Waals surface area contributed by atoms with Crippen molar-refractivity contribution < 1.29 is 38.1 Å². The largest absolute Gasteiger partial charge is 0.469 e. The highest BCUT2D eigenvalue weighted by atomic mass is 35.5. The number of esters is 2. The van der Waals surface area contributed by atoms with Crippen molar-refractivity contribution in [3.8, 4) is 0 Å². The first kappa shape index (κ1) is 37.1. The van der Waals surface area contributed by atoms with Crippen LogP contribution in [-0.2, 0) is 28.5 Å². The van der Waals surface area contributed by atoms with Gasteiger partial charge in [0.25, 0.3) is 0 Å². The van der Waals surface area contributed by atoms with Crippen LogP contribution in [0.15, 0.2) is 0 Å². The highest BCUT2D eigenvalue weighted by Gasteiger charge is 1.81. The molecule has 0 aromatic heterocycles.